The SMILES string of the molecule is CCCCCCCCCCCCCCCCCCCCCCCCCCCCC/C=C/C(O)C(COC1OC(CO)C(OC2OC(CO)C(OC3OC(CO)C(O)C(O)C3O)C(O)C2O)C(O)C1O)NC(=O)CCCCCCCCCCCCCCCCCCCCCCCCCCCCCC. The molecule has 0 saturated carbocycles. The second-order valence-corrected chi connectivity index (χ2v) is 31.0. The summed E-state index contributed by atoms with van der Waals surface area (Å²) >= 11 is 0. The Balaban J connectivity index is 1.35. The summed E-state index contributed by atoms with van der Waals surface area (Å²) < 4.78 is 34.5. The normalized spacial score (nSPS) is 26.1. The zero-order valence-electron chi connectivity index (χ0n) is 64.9. The molecule has 0 bridgehead atoms. The molecular weight excluding hydrogens is 1300 g/mol. The molecule has 3 fully saturated rings. The Kier molecular flexibility index (Phi) is 59.8. The summed E-state index contributed by atoms with van der Waals surface area (Å²) in [5.41, 5.74) is 0. The number of carbonyl (C=O) groups is 1. The summed E-state index contributed by atoms with van der Waals surface area (Å²) in [7, 11) is 0. The molecule has 0 aromatic carbocycles. The Bertz CT molecular complexity index is 1890. The Hall–Kier alpha value is -1.47. The number of aliphatic hydroxyl groups is 11. The number of unbranched alkanes of at least 4 members (excludes halogenated alkanes) is 54. The van der Waals surface area contributed by atoms with Gasteiger partial charge >= 0.3 is 0 Å². The largest absolute Gasteiger partial charge is 0.394 e. The zero-order chi connectivity index (χ0) is 73.9. The number of ether oxygens (including phenoxy) is 6. The van der Waals surface area contributed by atoms with E-state index in [1.54, 1.807) is 6.08 Å². The molecule has 3 aliphatic heterocycles. The van der Waals surface area contributed by atoms with Crippen molar-refractivity contribution in [2.24, 2.45) is 0 Å². The van der Waals surface area contributed by atoms with Crippen LogP contribution in [0.1, 0.15) is 380 Å². The van der Waals surface area contributed by atoms with Gasteiger partial charge in [-0.1, -0.05) is 366 Å². The van der Waals surface area contributed by atoms with E-state index in [9.17, 15) is 61.0 Å². The highest BCUT2D eigenvalue weighted by molar-refractivity contribution is 5.76. The van der Waals surface area contributed by atoms with Crippen molar-refractivity contribution in [2.45, 2.75) is 484 Å². The number of nitrogens with one attached hydrogen (secondary N) is 1. The standard InChI is InChI=1S/C83H159NO18/c1-3-5-7-9-11-13-15-17-19-21-23-25-27-29-31-33-34-36-38-40-42-44-46-48-50-52-54-56-58-60-67(88)66(84-71(89)61-59-57-55-53-51-49-47-45-43-41-39-37-35-32-30-28-26-24-22-20-18-16-14-12-10-8-6-4-2)65-97-81-77(95)74(92)79(69(63-86)99-81)102-83-78(96)75(93)80(70(64-87)100-83)101-82-76(94)73(91)72(90)68(62-85)98-82/h58,60,66-70,72-83,85-88,90-96H,3-57,59,61-65H2,1-2H3,(H,84,89)/b60-58+. The molecule has 102 heavy (non-hydrogen) atoms. The van der Waals surface area contributed by atoms with Gasteiger partial charge in [0.2, 0.25) is 5.91 Å². The van der Waals surface area contributed by atoms with Crippen LogP contribution in [0.3, 0.4) is 0 Å². The summed E-state index contributed by atoms with van der Waals surface area (Å²) in [4.78, 5) is 13.5. The van der Waals surface area contributed by atoms with Crippen LogP contribution in [-0.4, -0.2) is 193 Å². The molecule has 0 aromatic heterocycles. The van der Waals surface area contributed by atoms with E-state index in [0.717, 1.165) is 44.9 Å². The monoisotopic (exact) mass is 1460 g/mol. The van der Waals surface area contributed by atoms with Crippen molar-refractivity contribution in [2.75, 3.05) is 26.4 Å². The third kappa shape index (κ3) is 43.7. The van der Waals surface area contributed by atoms with Gasteiger partial charge in [-0.05, 0) is 19.3 Å². The fourth-order valence-electron chi connectivity index (χ4n) is 15.0. The van der Waals surface area contributed by atoms with Crippen LogP contribution in [0.5, 0.6) is 0 Å². The van der Waals surface area contributed by atoms with E-state index in [1.165, 1.54) is 308 Å². The second kappa shape index (κ2) is 64.4. The van der Waals surface area contributed by atoms with Crippen LogP contribution in [0, 0.1) is 0 Å². The van der Waals surface area contributed by atoms with Gasteiger partial charge in [0.25, 0.3) is 0 Å². The molecule has 19 heteroatoms. The second-order valence-electron chi connectivity index (χ2n) is 31.0. The summed E-state index contributed by atoms with van der Waals surface area (Å²) in [5.74, 6) is -0.265. The molecule has 0 aliphatic carbocycles. The van der Waals surface area contributed by atoms with Crippen LogP contribution in [0.15, 0.2) is 12.2 Å². The molecular formula is C83H159NO18. The lowest BCUT2D eigenvalue weighted by atomic mass is 9.96. The fraction of sp³-hybridized carbons (Fsp3) is 0.964. The maximum atomic E-state index is 13.5. The predicted molar refractivity (Wildman–Crippen MR) is 407 cm³/mol. The summed E-state index contributed by atoms with van der Waals surface area (Å²) in [6.07, 6.45) is 50.7. The Labute approximate surface area is 620 Å². The molecule has 1 amide bonds. The van der Waals surface area contributed by atoms with E-state index in [1.807, 2.05) is 6.08 Å². The molecule has 604 valence electrons. The first-order valence-corrected chi connectivity index (χ1v) is 42.9. The van der Waals surface area contributed by atoms with Crippen molar-refractivity contribution in [3.63, 3.8) is 0 Å². The van der Waals surface area contributed by atoms with Gasteiger partial charge in [-0.15, -0.1) is 0 Å². The first-order chi connectivity index (χ1) is 49.8. The summed E-state index contributed by atoms with van der Waals surface area (Å²) in [6, 6.07) is -0.971. The van der Waals surface area contributed by atoms with E-state index < -0.39 is 124 Å². The zero-order valence-corrected chi connectivity index (χ0v) is 64.9. The fourth-order valence-corrected chi connectivity index (χ4v) is 15.0. The first-order valence-electron chi connectivity index (χ1n) is 42.9. The van der Waals surface area contributed by atoms with Crippen LogP contribution >= 0.6 is 0 Å². The predicted octanol–water partition coefficient (Wildman–Crippen LogP) is 15.1. The highest BCUT2D eigenvalue weighted by Crippen LogP contribution is 2.34. The minimum Gasteiger partial charge on any atom is -0.394 e. The van der Waals surface area contributed by atoms with Gasteiger partial charge < -0.3 is 89.9 Å². The third-order valence-electron chi connectivity index (χ3n) is 21.8. The lowest BCUT2D eigenvalue weighted by Crippen LogP contribution is -2.66. The van der Waals surface area contributed by atoms with Gasteiger partial charge in [-0.2, -0.15) is 0 Å². The van der Waals surface area contributed by atoms with E-state index in [-0.39, 0.29) is 18.9 Å². The Morgan fingerprint density at radius 3 is 0.922 bits per heavy atom. The van der Waals surface area contributed by atoms with Gasteiger partial charge in [-0.25, -0.2) is 0 Å². The van der Waals surface area contributed by atoms with Crippen molar-refractivity contribution in [1.29, 1.82) is 0 Å². The average molecular weight is 1460 g/mol. The molecule has 12 N–H and O–H groups in total. The molecule has 17 atom stereocenters. The number of allylic oxidation sites excluding steroid dienone is 1. The molecule has 3 saturated heterocycles. The maximum Gasteiger partial charge on any atom is 0.220 e. The van der Waals surface area contributed by atoms with Gasteiger partial charge in [0, 0.05) is 6.42 Å². The van der Waals surface area contributed by atoms with Gasteiger partial charge in [-0.3, -0.25) is 4.79 Å². The first kappa shape index (κ1) is 94.7. The van der Waals surface area contributed by atoms with Crippen LogP contribution in [0.25, 0.3) is 0 Å². The number of rotatable bonds is 70. The maximum absolute atomic E-state index is 13.5. The number of carbonyl (C=O) groups excluding carboxylic acids is 1. The summed E-state index contributed by atoms with van der Waals surface area (Å²) in [5, 5.41) is 121. The van der Waals surface area contributed by atoms with Crippen molar-refractivity contribution in [3.8, 4) is 0 Å². The van der Waals surface area contributed by atoms with E-state index in [4.69, 9.17) is 28.4 Å². The molecule has 0 radical (unpaired) electrons. The Morgan fingerprint density at radius 1 is 0.343 bits per heavy atom. The lowest BCUT2D eigenvalue weighted by Gasteiger charge is -2.48. The Morgan fingerprint density at radius 2 is 0.608 bits per heavy atom. The van der Waals surface area contributed by atoms with Crippen LogP contribution in [-0.2, 0) is 33.2 Å². The number of hydrogen-bond donors (Lipinski definition) is 12. The molecule has 19 nitrogen and oxygen atoms in total. The smallest absolute Gasteiger partial charge is 0.220 e. The molecule has 3 aliphatic rings. The quantitative estimate of drug-likeness (QED) is 0.0199. The van der Waals surface area contributed by atoms with E-state index in [0.29, 0.717) is 6.42 Å². The third-order valence-corrected chi connectivity index (χ3v) is 21.8. The highest BCUT2D eigenvalue weighted by Gasteiger charge is 2.54. The molecule has 0 spiro atoms. The number of aliphatic hydroxyl groups excluding tert-OH is 11. The van der Waals surface area contributed by atoms with Crippen LogP contribution < -0.4 is 5.32 Å². The highest BCUT2D eigenvalue weighted by atomic mass is 16.8. The van der Waals surface area contributed by atoms with Crippen molar-refractivity contribution in [1.82, 2.24) is 5.32 Å². The van der Waals surface area contributed by atoms with Crippen molar-refractivity contribution >= 4 is 5.91 Å². The number of amides is 1. The van der Waals surface area contributed by atoms with Gasteiger partial charge in [0.1, 0.15) is 73.2 Å². The topological polar surface area (TPSA) is 307 Å². The molecule has 17 unspecified atom stereocenters. The van der Waals surface area contributed by atoms with E-state index in [2.05, 4.69) is 19.2 Å². The minimum absolute atomic E-state index is 0.250. The van der Waals surface area contributed by atoms with Gasteiger partial charge in [0.15, 0.2) is 18.9 Å². The average Bonchev–Trinajstić information content (AvgIpc) is 0.781. The minimum atomic E-state index is -1.98. The molecule has 3 rings (SSSR count). The van der Waals surface area contributed by atoms with Gasteiger partial charge in [0.05, 0.1) is 38.6 Å². The number of hydrogen-bond acceptors (Lipinski definition) is 18. The van der Waals surface area contributed by atoms with Crippen molar-refractivity contribution < 1.29 is 89.4 Å². The molecule has 0 aromatic rings. The lowest BCUT2D eigenvalue weighted by molar-refractivity contribution is -0.379. The van der Waals surface area contributed by atoms with Crippen LogP contribution in [0.4, 0.5) is 0 Å². The van der Waals surface area contributed by atoms with E-state index >= 15 is 0 Å². The molecule has 3 heterocycles. The summed E-state index contributed by atoms with van der Waals surface area (Å²) in [6.45, 7) is 1.82. The van der Waals surface area contributed by atoms with Crippen molar-refractivity contribution in [3.05, 3.63) is 12.2 Å². The van der Waals surface area contributed by atoms with Crippen LogP contribution in [0.2, 0.25) is 0 Å².